The van der Waals surface area contributed by atoms with Gasteiger partial charge in [-0.15, -0.1) is 0 Å². The van der Waals surface area contributed by atoms with Gasteiger partial charge in [-0.2, -0.15) is 8.42 Å². The third-order valence-electron chi connectivity index (χ3n) is 13.8. The van der Waals surface area contributed by atoms with Crippen LogP contribution >= 0.6 is 0 Å². The van der Waals surface area contributed by atoms with E-state index < -0.39 is 71.2 Å². The van der Waals surface area contributed by atoms with Crippen LogP contribution < -0.4 is 0 Å². The molecule has 0 spiro atoms. The first-order chi connectivity index (χ1) is 34.0. The minimum absolute atomic E-state index is 0.169. The molecule has 0 amide bonds. The second-order valence-corrected chi connectivity index (χ2v) is 22.2. The second-order valence-electron chi connectivity index (χ2n) is 20.7. The summed E-state index contributed by atoms with van der Waals surface area (Å²) in [4.78, 5) is 25.6. The largest absolute Gasteiger partial charge is 0.462 e. The van der Waals surface area contributed by atoms with Crippen molar-refractivity contribution in [3.8, 4) is 0 Å². The maximum Gasteiger partial charge on any atom is 0.306 e. The zero-order valence-electron chi connectivity index (χ0n) is 44.9. The number of carbonyl (C=O) groups excluding carboxylic acids is 2. The van der Waals surface area contributed by atoms with Crippen LogP contribution in [0.15, 0.2) is 12.2 Å². The van der Waals surface area contributed by atoms with E-state index in [0.29, 0.717) is 12.8 Å². The zero-order chi connectivity index (χ0) is 51.2. The maximum atomic E-state index is 12.9. The molecule has 12 nitrogen and oxygen atoms in total. The van der Waals surface area contributed by atoms with E-state index in [9.17, 15) is 37.9 Å². The van der Waals surface area contributed by atoms with Crippen LogP contribution in [0.3, 0.4) is 0 Å². The molecule has 0 aromatic rings. The van der Waals surface area contributed by atoms with Gasteiger partial charge >= 0.3 is 11.9 Å². The fourth-order valence-electron chi connectivity index (χ4n) is 9.32. The van der Waals surface area contributed by atoms with Crippen LogP contribution in [0.25, 0.3) is 0 Å². The number of esters is 2. The van der Waals surface area contributed by atoms with Gasteiger partial charge in [0.15, 0.2) is 12.4 Å². The average molecular weight is 1020 g/mol. The van der Waals surface area contributed by atoms with Gasteiger partial charge in [0.05, 0.1) is 6.61 Å². The van der Waals surface area contributed by atoms with Gasteiger partial charge in [-0.3, -0.25) is 14.1 Å². The predicted octanol–water partition coefficient (Wildman–Crippen LogP) is 14.1. The molecule has 0 aromatic carbocycles. The molecule has 1 aliphatic rings. The van der Waals surface area contributed by atoms with Gasteiger partial charge in [-0.25, -0.2) is 0 Å². The summed E-state index contributed by atoms with van der Waals surface area (Å²) in [7, 11) is -4.60. The number of rotatable bonds is 51. The van der Waals surface area contributed by atoms with Gasteiger partial charge in [0.25, 0.3) is 10.1 Å². The Bertz CT molecular complexity index is 1330. The third kappa shape index (κ3) is 40.8. The smallest absolute Gasteiger partial charge is 0.306 e. The first kappa shape index (κ1) is 66.4. The monoisotopic (exact) mass is 1020 g/mol. The van der Waals surface area contributed by atoms with Crippen LogP contribution in [0.2, 0.25) is 0 Å². The number of aliphatic hydroxyl groups excluding tert-OH is 3. The first-order valence-electron chi connectivity index (χ1n) is 29.2. The lowest BCUT2D eigenvalue weighted by atomic mass is 10.00. The van der Waals surface area contributed by atoms with Crippen LogP contribution in [0, 0.1) is 0 Å². The Kier molecular flexibility index (Phi) is 44.7. The Morgan fingerprint density at radius 1 is 0.471 bits per heavy atom. The molecule has 1 aliphatic heterocycles. The standard InChI is InChI=1S/C57H108O12S/c1-3-5-7-9-11-13-15-17-19-21-23-25-27-29-31-33-35-37-39-41-43-45-52(58)66-47-50(48-67-57-56(62)55(61)54(60)51(69-57)49-70(63,64)65)68-53(59)46-44-42-40-38-36-34-32-30-28-26-24-22-20-18-16-14-12-10-8-6-4-2/h18,20,50-51,54-57,60-62H,3-17,19,21-49H2,1-2H3,(H,63,64,65)/b20-18+/t50-,51-,54-,55?,56?,57+/m1/s1. The minimum Gasteiger partial charge on any atom is -0.462 e. The molecule has 6 atom stereocenters. The van der Waals surface area contributed by atoms with Crippen molar-refractivity contribution in [3.05, 3.63) is 12.2 Å². The van der Waals surface area contributed by atoms with E-state index in [-0.39, 0.29) is 19.4 Å². The summed E-state index contributed by atoms with van der Waals surface area (Å²) in [6.45, 7) is 3.82. The van der Waals surface area contributed by atoms with Gasteiger partial charge in [-0.1, -0.05) is 244 Å². The summed E-state index contributed by atoms with van der Waals surface area (Å²) in [5, 5.41) is 31.1. The van der Waals surface area contributed by atoms with Crippen LogP contribution in [0.5, 0.6) is 0 Å². The minimum atomic E-state index is -4.60. The van der Waals surface area contributed by atoms with Crippen molar-refractivity contribution in [2.45, 2.75) is 320 Å². The molecular weight excluding hydrogens is 909 g/mol. The molecule has 70 heavy (non-hydrogen) atoms. The molecule has 2 unspecified atom stereocenters. The molecule has 1 fully saturated rings. The Balaban J connectivity index is 2.29. The SMILES string of the molecule is CCCCCCCC/C=C/CCCCCCCCCCCCCC(=O)O[C@H](COC(=O)CCCCCCCCCCCCCCCCCCCCCCC)CO[C@H]1O[C@H](CS(=O)(=O)O)[C@@H](O)C(O)C1O. The fraction of sp³-hybridized carbons (Fsp3) is 0.930. The summed E-state index contributed by atoms with van der Waals surface area (Å²) in [5.74, 6) is -1.96. The molecule has 4 N–H and O–H groups in total. The highest BCUT2D eigenvalue weighted by atomic mass is 32.2. The van der Waals surface area contributed by atoms with Gasteiger partial charge in [0, 0.05) is 12.8 Å². The molecule has 1 heterocycles. The van der Waals surface area contributed by atoms with Crippen LogP contribution in [0.1, 0.15) is 284 Å². The lowest BCUT2D eigenvalue weighted by Crippen LogP contribution is -2.60. The van der Waals surface area contributed by atoms with Crippen molar-refractivity contribution in [1.82, 2.24) is 0 Å². The molecule has 1 rings (SSSR count). The Labute approximate surface area is 428 Å². The lowest BCUT2D eigenvalue weighted by Gasteiger charge is -2.40. The Morgan fingerprint density at radius 3 is 1.19 bits per heavy atom. The van der Waals surface area contributed by atoms with E-state index in [1.165, 1.54) is 205 Å². The Morgan fingerprint density at radius 2 is 0.814 bits per heavy atom. The van der Waals surface area contributed by atoms with Crippen LogP contribution in [-0.2, 0) is 38.7 Å². The van der Waals surface area contributed by atoms with Crippen molar-refractivity contribution in [2.24, 2.45) is 0 Å². The van der Waals surface area contributed by atoms with Crippen molar-refractivity contribution >= 4 is 22.1 Å². The van der Waals surface area contributed by atoms with Crippen molar-refractivity contribution < 1.29 is 56.8 Å². The normalized spacial score (nSPS) is 19.0. The molecular formula is C57H108O12S. The molecule has 0 aromatic heterocycles. The number of aliphatic hydroxyl groups is 3. The van der Waals surface area contributed by atoms with Crippen LogP contribution in [-0.4, -0.2) is 96.0 Å². The first-order valence-corrected chi connectivity index (χ1v) is 30.9. The fourth-order valence-corrected chi connectivity index (χ4v) is 10.0. The number of allylic oxidation sites excluding steroid dienone is 2. The zero-order valence-corrected chi connectivity index (χ0v) is 45.7. The maximum absolute atomic E-state index is 12.9. The van der Waals surface area contributed by atoms with Crippen LogP contribution in [0.4, 0.5) is 0 Å². The predicted molar refractivity (Wildman–Crippen MR) is 284 cm³/mol. The number of unbranched alkanes of at least 4 members (excludes halogenated alkanes) is 37. The third-order valence-corrected chi connectivity index (χ3v) is 14.6. The quantitative estimate of drug-likeness (QED) is 0.0196. The molecule has 1 saturated heterocycles. The van der Waals surface area contributed by atoms with Gasteiger partial charge in [-0.05, 0) is 38.5 Å². The van der Waals surface area contributed by atoms with E-state index in [4.69, 9.17) is 18.9 Å². The highest BCUT2D eigenvalue weighted by Crippen LogP contribution is 2.24. The average Bonchev–Trinajstić information content (AvgIpc) is 3.33. The highest BCUT2D eigenvalue weighted by Gasteiger charge is 2.46. The topological polar surface area (TPSA) is 186 Å². The van der Waals surface area contributed by atoms with Crippen molar-refractivity contribution in [2.75, 3.05) is 19.0 Å². The number of hydrogen-bond acceptors (Lipinski definition) is 11. The van der Waals surface area contributed by atoms with Crippen molar-refractivity contribution in [3.63, 3.8) is 0 Å². The summed E-state index contributed by atoms with van der Waals surface area (Å²) in [5.41, 5.74) is 0. The molecule has 0 radical (unpaired) electrons. The molecule has 0 bridgehead atoms. The highest BCUT2D eigenvalue weighted by molar-refractivity contribution is 7.85. The summed E-state index contributed by atoms with van der Waals surface area (Å²) in [6.07, 6.45) is 45.4. The summed E-state index contributed by atoms with van der Waals surface area (Å²) >= 11 is 0. The summed E-state index contributed by atoms with van der Waals surface area (Å²) in [6, 6.07) is 0. The second kappa shape index (κ2) is 47.1. The number of hydrogen-bond donors (Lipinski definition) is 4. The van der Waals surface area contributed by atoms with Gasteiger partial charge in [0.1, 0.15) is 36.8 Å². The summed E-state index contributed by atoms with van der Waals surface area (Å²) < 4.78 is 54.4. The van der Waals surface area contributed by atoms with Gasteiger partial charge < -0.3 is 34.3 Å². The van der Waals surface area contributed by atoms with Gasteiger partial charge in [0.2, 0.25) is 0 Å². The van der Waals surface area contributed by atoms with E-state index >= 15 is 0 Å². The molecule has 0 saturated carbocycles. The Hall–Kier alpha value is -1.61. The molecule has 13 heteroatoms. The van der Waals surface area contributed by atoms with E-state index in [1.54, 1.807) is 0 Å². The van der Waals surface area contributed by atoms with E-state index in [2.05, 4.69) is 26.0 Å². The van der Waals surface area contributed by atoms with E-state index in [1.807, 2.05) is 0 Å². The molecule has 0 aliphatic carbocycles. The number of ether oxygens (including phenoxy) is 4. The molecule has 414 valence electrons. The lowest BCUT2D eigenvalue weighted by molar-refractivity contribution is -0.297. The van der Waals surface area contributed by atoms with E-state index in [0.717, 1.165) is 38.5 Å². The van der Waals surface area contributed by atoms with Crippen molar-refractivity contribution in [1.29, 1.82) is 0 Å². The number of carbonyl (C=O) groups is 2.